The molecular formula is C26H31N3O2. The highest BCUT2D eigenvalue weighted by molar-refractivity contribution is 5.90. The lowest BCUT2D eigenvalue weighted by Crippen LogP contribution is -2.31. The van der Waals surface area contributed by atoms with Crippen molar-refractivity contribution in [3.05, 3.63) is 76.1 Å². The van der Waals surface area contributed by atoms with E-state index in [0.29, 0.717) is 0 Å². The number of nitrogens with zero attached hydrogens (tertiary/aromatic N) is 2. The van der Waals surface area contributed by atoms with Crippen LogP contribution in [0.4, 0.5) is 0 Å². The molecule has 0 unspecified atom stereocenters. The maximum Gasteiger partial charge on any atom is 0.267 e. The fourth-order valence-corrected chi connectivity index (χ4v) is 4.70. The first kappa shape index (κ1) is 21.5. The molecule has 0 fully saturated rings. The van der Waals surface area contributed by atoms with Crippen LogP contribution in [0.5, 0.6) is 0 Å². The van der Waals surface area contributed by atoms with Crippen LogP contribution in [-0.4, -0.2) is 34.1 Å². The van der Waals surface area contributed by atoms with Crippen LogP contribution in [0.25, 0.3) is 11.6 Å². The number of carbonyl (C=O) groups is 1. The van der Waals surface area contributed by atoms with E-state index in [1.807, 2.05) is 18.3 Å². The summed E-state index contributed by atoms with van der Waals surface area (Å²) < 4.78 is 0. The van der Waals surface area contributed by atoms with Gasteiger partial charge in [0.1, 0.15) is 0 Å². The monoisotopic (exact) mass is 417 g/mol. The minimum Gasteiger partial charge on any atom is -0.298 e. The normalized spacial score (nSPS) is 16.5. The molecule has 1 aromatic carbocycles. The summed E-state index contributed by atoms with van der Waals surface area (Å²) in [5.74, 6) is -0.520. The van der Waals surface area contributed by atoms with E-state index in [9.17, 15) is 4.79 Å². The van der Waals surface area contributed by atoms with Crippen LogP contribution in [-0.2, 0) is 24.2 Å². The van der Waals surface area contributed by atoms with Crippen molar-refractivity contribution in [1.29, 1.82) is 0 Å². The summed E-state index contributed by atoms with van der Waals surface area (Å²) in [6.07, 6.45) is 8.02. The SMILES string of the molecule is CC(C)(C)C1=C(CCN2CCc3ccc(/C=C/C(=O)NO)cc3C2)c2cccnc2C1. The summed E-state index contributed by atoms with van der Waals surface area (Å²) >= 11 is 0. The molecule has 1 aliphatic carbocycles. The molecule has 2 heterocycles. The Labute approximate surface area is 184 Å². The average Bonchev–Trinajstić information content (AvgIpc) is 3.15. The first-order valence-corrected chi connectivity index (χ1v) is 11.0. The summed E-state index contributed by atoms with van der Waals surface area (Å²) in [5, 5.41) is 8.65. The molecule has 0 radical (unpaired) electrons. The molecule has 1 aromatic heterocycles. The van der Waals surface area contributed by atoms with Crippen LogP contribution < -0.4 is 5.48 Å². The standard InChI is InChI=1S/C26H31N3O2/c1-26(2,3)23-16-24-22(5-4-12-27-24)21(23)11-14-29-13-10-19-8-6-18(15-20(19)17-29)7-9-25(30)28-31/h4-9,12,15,31H,10-11,13-14,16-17H2,1-3H3,(H,28,30)/b9-7+. The van der Waals surface area contributed by atoms with Gasteiger partial charge in [-0.3, -0.25) is 19.9 Å². The molecule has 5 heteroatoms. The predicted molar refractivity (Wildman–Crippen MR) is 123 cm³/mol. The summed E-state index contributed by atoms with van der Waals surface area (Å²) in [7, 11) is 0. The Morgan fingerprint density at radius 1 is 1.26 bits per heavy atom. The number of allylic oxidation sites excluding steroid dienone is 1. The van der Waals surface area contributed by atoms with Gasteiger partial charge >= 0.3 is 0 Å². The van der Waals surface area contributed by atoms with Crippen molar-refractivity contribution >= 4 is 17.6 Å². The van der Waals surface area contributed by atoms with Crippen LogP contribution in [0, 0.1) is 5.41 Å². The Balaban J connectivity index is 1.48. The number of amides is 1. The molecule has 0 saturated heterocycles. The van der Waals surface area contributed by atoms with Crippen molar-refractivity contribution in [3.63, 3.8) is 0 Å². The van der Waals surface area contributed by atoms with Crippen LogP contribution in [0.3, 0.4) is 0 Å². The number of pyridine rings is 1. The van der Waals surface area contributed by atoms with E-state index in [1.54, 1.807) is 11.6 Å². The van der Waals surface area contributed by atoms with E-state index in [0.717, 1.165) is 44.5 Å². The molecule has 2 N–H and O–H groups in total. The highest BCUT2D eigenvalue weighted by atomic mass is 16.5. The van der Waals surface area contributed by atoms with Crippen LogP contribution in [0.15, 0.2) is 48.2 Å². The molecule has 0 spiro atoms. The van der Waals surface area contributed by atoms with Crippen molar-refractivity contribution in [2.24, 2.45) is 5.41 Å². The first-order chi connectivity index (χ1) is 14.8. The lowest BCUT2D eigenvalue weighted by molar-refractivity contribution is -0.124. The number of hydroxylamine groups is 1. The Hall–Kier alpha value is -2.76. The second-order valence-electron chi connectivity index (χ2n) is 9.50. The van der Waals surface area contributed by atoms with Gasteiger partial charge in [0.15, 0.2) is 0 Å². The fourth-order valence-electron chi connectivity index (χ4n) is 4.70. The summed E-state index contributed by atoms with van der Waals surface area (Å²) in [4.78, 5) is 18.4. The van der Waals surface area contributed by atoms with Gasteiger partial charge in [-0.25, -0.2) is 5.48 Å². The van der Waals surface area contributed by atoms with E-state index < -0.39 is 5.91 Å². The third-order valence-corrected chi connectivity index (χ3v) is 6.37. The Bertz CT molecular complexity index is 1050. The largest absolute Gasteiger partial charge is 0.298 e. The number of rotatable bonds is 5. The van der Waals surface area contributed by atoms with Gasteiger partial charge in [0, 0.05) is 38.3 Å². The molecule has 162 valence electrons. The topological polar surface area (TPSA) is 65.5 Å². The Kier molecular flexibility index (Phi) is 6.08. The predicted octanol–water partition coefficient (Wildman–Crippen LogP) is 4.40. The highest BCUT2D eigenvalue weighted by Gasteiger charge is 2.30. The van der Waals surface area contributed by atoms with Crippen molar-refractivity contribution < 1.29 is 10.0 Å². The fraction of sp³-hybridized carbons (Fsp3) is 0.385. The highest BCUT2D eigenvalue weighted by Crippen LogP contribution is 2.42. The minimum absolute atomic E-state index is 0.145. The van der Waals surface area contributed by atoms with Gasteiger partial charge in [-0.1, -0.05) is 50.6 Å². The molecule has 2 aromatic rings. The zero-order valence-corrected chi connectivity index (χ0v) is 18.6. The third-order valence-electron chi connectivity index (χ3n) is 6.37. The van der Waals surface area contributed by atoms with E-state index in [1.165, 1.54) is 39.6 Å². The van der Waals surface area contributed by atoms with Crippen molar-refractivity contribution in [1.82, 2.24) is 15.4 Å². The van der Waals surface area contributed by atoms with Gasteiger partial charge in [0.2, 0.25) is 0 Å². The zero-order valence-electron chi connectivity index (χ0n) is 18.6. The molecule has 0 atom stereocenters. The van der Waals surface area contributed by atoms with Crippen LogP contribution >= 0.6 is 0 Å². The van der Waals surface area contributed by atoms with Crippen molar-refractivity contribution in [2.45, 2.75) is 46.6 Å². The minimum atomic E-state index is -0.520. The molecule has 4 rings (SSSR count). The number of hydrogen-bond donors (Lipinski definition) is 2. The molecule has 0 saturated carbocycles. The van der Waals surface area contributed by atoms with Crippen molar-refractivity contribution in [3.8, 4) is 0 Å². The number of nitrogens with one attached hydrogen (secondary N) is 1. The number of aromatic nitrogens is 1. The number of carbonyl (C=O) groups excluding carboxylic acids is 1. The molecular weight excluding hydrogens is 386 g/mol. The second kappa shape index (κ2) is 8.77. The quantitative estimate of drug-likeness (QED) is 0.430. The molecule has 5 nitrogen and oxygen atoms in total. The molecule has 2 aliphatic rings. The van der Waals surface area contributed by atoms with Crippen LogP contribution in [0.2, 0.25) is 0 Å². The van der Waals surface area contributed by atoms with Gasteiger partial charge < -0.3 is 0 Å². The lowest BCUT2D eigenvalue weighted by Gasteiger charge is -2.30. The third kappa shape index (κ3) is 4.78. The maximum absolute atomic E-state index is 11.3. The Morgan fingerprint density at radius 3 is 2.87 bits per heavy atom. The van der Waals surface area contributed by atoms with Gasteiger partial charge in [0.25, 0.3) is 5.91 Å². The molecule has 0 bridgehead atoms. The average molecular weight is 418 g/mol. The maximum atomic E-state index is 11.3. The first-order valence-electron chi connectivity index (χ1n) is 11.0. The molecule has 1 aliphatic heterocycles. The smallest absolute Gasteiger partial charge is 0.267 e. The van der Waals surface area contributed by atoms with E-state index >= 15 is 0 Å². The second-order valence-corrected chi connectivity index (χ2v) is 9.50. The molecule has 1 amide bonds. The number of fused-ring (bicyclic) bond motifs is 2. The summed E-state index contributed by atoms with van der Waals surface area (Å²) in [5.41, 5.74) is 11.0. The lowest BCUT2D eigenvalue weighted by atomic mass is 9.82. The zero-order chi connectivity index (χ0) is 22.0. The summed E-state index contributed by atoms with van der Waals surface area (Å²) in [6, 6.07) is 10.6. The number of benzene rings is 1. The molecule has 31 heavy (non-hydrogen) atoms. The van der Waals surface area contributed by atoms with E-state index in [2.05, 4.69) is 48.9 Å². The van der Waals surface area contributed by atoms with Crippen molar-refractivity contribution in [2.75, 3.05) is 13.1 Å². The van der Waals surface area contributed by atoms with Gasteiger partial charge in [-0.15, -0.1) is 0 Å². The Morgan fingerprint density at radius 2 is 2.10 bits per heavy atom. The van der Waals surface area contributed by atoms with E-state index in [4.69, 9.17) is 5.21 Å². The van der Waals surface area contributed by atoms with Gasteiger partial charge in [-0.05, 0) is 58.2 Å². The van der Waals surface area contributed by atoms with E-state index in [-0.39, 0.29) is 5.41 Å². The number of hydrogen-bond acceptors (Lipinski definition) is 4. The van der Waals surface area contributed by atoms with Gasteiger partial charge in [-0.2, -0.15) is 0 Å². The van der Waals surface area contributed by atoms with Crippen LogP contribution in [0.1, 0.15) is 55.1 Å². The summed E-state index contributed by atoms with van der Waals surface area (Å²) in [6.45, 7) is 9.91. The van der Waals surface area contributed by atoms with Gasteiger partial charge in [0.05, 0.1) is 5.69 Å².